The molecule has 0 spiro atoms. The Labute approximate surface area is 125 Å². The molecule has 0 bridgehead atoms. The van der Waals surface area contributed by atoms with Gasteiger partial charge in [0.05, 0.1) is 13.2 Å². The summed E-state index contributed by atoms with van der Waals surface area (Å²) >= 11 is 0. The second-order valence-corrected chi connectivity index (χ2v) is 7.62. The molecule has 4 nitrogen and oxygen atoms in total. The van der Waals surface area contributed by atoms with Gasteiger partial charge in [0, 0.05) is 18.1 Å². The molecule has 2 heterocycles. The van der Waals surface area contributed by atoms with Gasteiger partial charge < -0.3 is 9.05 Å². The Hall–Kier alpha value is 0.270. The van der Waals surface area contributed by atoms with E-state index >= 15 is 0 Å². The summed E-state index contributed by atoms with van der Waals surface area (Å²) in [6, 6.07) is 1.60. The molecule has 118 valence electrons. The van der Waals surface area contributed by atoms with Crippen molar-refractivity contribution in [3.05, 3.63) is 0 Å². The summed E-state index contributed by atoms with van der Waals surface area (Å²) in [6.07, 6.45) is 5.00. The molecule has 5 heteroatoms. The first-order valence-corrected chi connectivity index (χ1v) is 9.38. The van der Waals surface area contributed by atoms with Crippen molar-refractivity contribution in [2.45, 2.75) is 71.5 Å². The lowest BCUT2D eigenvalue weighted by Gasteiger charge is -2.32. The molecule has 0 saturated carbocycles. The van der Waals surface area contributed by atoms with Crippen molar-refractivity contribution < 1.29 is 9.05 Å². The predicted octanol–water partition coefficient (Wildman–Crippen LogP) is 3.62. The average molecular weight is 302 g/mol. The maximum atomic E-state index is 6.20. The maximum Gasteiger partial charge on any atom is 0.259 e. The summed E-state index contributed by atoms with van der Waals surface area (Å²) in [4.78, 5) is 2.59. The van der Waals surface area contributed by atoms with E-state index in [1.807, 2.05) is 0 Å². The normalized spacial score (nSPS) is 30.4. The minimum Gasteiger partial charge on any atom is -0.320 e. The Morgan fingerprint density at radius 1 is 1.25 bits per heavy atom. The van der Waals surface area contributed by atoms with E-state index in [4.69, 9.17) is 9.05 Å². The molecular formula is C15H31N2O2P. The largest absolute Gasteiger partial charge is 0.320 e. The van der Waals surface area contributed by atoms with Crippen LogP contribution in [0, 0.1) is 0 Å². The first-order chi connectivity index (χ1) is 9.67. The summed E-state index contributed by atoms with van der Waals surface area (Å²) in [5.74, 6) is 0. The topological polar surface area (TPSA) is 24.9 Å². The fraction of sp³-hybridized carbons (Fsp3) is 1.00. The van der Waals surface area contributed by atoms with E-state index in [1.54, 1.807) is 0 Å². The number of nitrogens with zero attached hydrogens (tertiary/aromatic N) is 2. The highest BCUT2D eigenvalue weighted by molar-refractivity contribution is 7.44. The summed E-state index contributed by atoms with van der Waals surface area (Å²) in [5.41, 5.74) is 0. The fourth-order valence-corrected chi connectivity index (χ4v) is 5.00. The number of hydrogen-bond donors (Lipinski definition) is 0. The van der Waals surface area contributed by atoms with Gasteiger partial charge in [-0.1, -0.05) is 13.8 Å². The van der Waals surface area contributed by atoms with Gasteiger partial charge in [0.25, 0.3) is 8.53 Å². The van der Waals surface area contributed by atoms with Gasteiger partial charge >= 0.3 is 0 Å². The zero-order valence-corrected chi connectivity index (χ0v) is 14.4. The summed E-state index contributed by atoms with van der Waals surface area (Å²) < 4.78 is 14.6. The van der Waals surface area contributed by atoms with Crippen molar-refractivity contribution in [1.82, 2.24) is 9.57 Å². The highest BCUT2D eigenvalue weighted by Gasteiger charge is 2.38. The van der Waals surface area contributed by atoms with Crippen molar-refractivity contribution in [3.8, 4) is 0 Å². The van der Waals surface area contributed by atoms with Crippen molar-refractivity contribution >= 4 is 8.53 Å². The van der Waals surface area contributed by atoms with Gasteiger partial charge in [0.1, 0.15) is 0 Å². The Morgan fingerprint density at radius 3 is 2.50 bits per heavy atom. The van der Waals surface area contributed by atoms with Crippen LogP contribution >= 0.6 is 8.53 Å². The highest BCUT2D eigenvalue weighted by atomic mass is 31.2. The lowest BCUT2D eigenvalue weighted by molar-refractivity contribution is 0.146. The maximum absolute atomic E-state index is 6.20. The van der Waals surface area contributed by atoms with E-state index in [0.29, 0.717) is 18.1 Å². The minimum atomic E-state index is -0.839. The van der Waals surface area contributed by atoms with Gasteiger partial charge in [-0.25, -0.2) is 4.67 Å². The molecule has 0 aliphatic carbocycles. The van der Waals surface area contributed by atoms with Crippen molar-refractivity contribution in [2.75, 3.05) is 26.3 Å². The van der Waals surface area contributed by atoms with Crippen LogP contribution in [0.2, 0.25) is 0 Å². The number of rotatable bonds is 7. The molecule has 2 saturated heterocycles. The van der Waals surface area contributed by atoms with Gasteiger partial charge in [0.15, 0.2) is 0 Å². The first-order valence-electron chi connectivity index (χ1n) is 8.25. The molecule has 2 aliphatic heterocycles. The van der Waals surface area contributed by atoms with Gasteiger partial charge in [-0.2, -0.15) is 0 Å². The van der Waals surface area contributed by atoms with E-state index < -0.39 is 8.53 Å². The molecule has 2 fully saturated rings. The molecular weight excluding hydrogens is 271 g/mol. The Kier molecular flexibility index (Phi) is 6.70. The van der Waals surface area contributed by atoms with Crippen LogP contribution in [0.25, 0.3) is 0 Å². The molecule has 0 aromatic heterocycles. The zero-order chi connectivity index (χ0) is 14.5. The molecule has 0 N–H and O–H groups in total. The molecule has 3 atom stereocenters. The second-order valence-electron chi connectivity index (χ2n) is 6.17. The van der Waals surface area contributed by atoms with E-state index in [1.165, 1.54) is 32.4 Å². The van der Waals surface area contributed by atoms with E-state index in [0.717, 1.165) is 19.6 Å². The van der Waals surface area contributed by atoms with Crippen molar-refractivity contribution in [3.63, 3.8) is 0 Å². The Bertz CT molecular complexity index is 285. The number of likely N-dealkylation sites (tertiary alicyclic amines) is 1. The van der Waals surface area contributed by atoms with Crippen molar-refractivity contribution in [2.24, 2.45) is 0 Å². The SMILES string of the molecule is CC[C@H](COP1OC[C@@H](CC)N1C(C)C)N1CCCC1. The molecule has 0 amide bonds. The van der Waals surface area contributed by atoms with Crippen molar-refractivity contribution in [1.29, 1.82) is 0 Å². The van der Waals surface area contributed by atoms with Crippen LogP contribution in [0.1, 0.15) is 53.4 Å². The third-order valence-electron chi connectivity index (χ3n) is 4.45. The smallest absolute Gasteiger partial charge is 0.259 e. The highest BCUT2D eigenvalue weighted by Crippen LogP contribution is 2.51. The Morgan fingerprint density at radius 2 is 1.95 bits per heavy atom. The van der Waals surface area contributed by atoms with Gasteiger partial charge in [0.2, 0.25) is 0 Å². The van der Waals surface area contributed by atoms with Crippen LogP contribution in [-0.4, -0.2) is 54.0 Å². The third-order valence-corrected chi connectivity index (χ3v) is 6.35. The molecule has 1 unspecified atom stereocenters. The molecule has 0 radical (unpaired) electrons. The van der Waals surface area contributed by atoms with Crippen LogP contribution in [0.3, 0.4) is 0 Å². The van der Waals surface area contributed by atoms with Crippen LogP contribution in [0.15, 0.2) is 0 Å². The van der Waals surface area contributed by atoms with Gasteiger partial charge in [-0.05, 0) is 52.6 Å². The standard InChI is InChI=1S/C15H31N2O2P/c1-5-14(16-9-7-8-10-16)11-18-20-17(13(3)4)15(6-2)12-19-20/h13-15H,5-12H2,1-4H3/t14-,15-,20?/m1/s1. The number of hydrogen-bond acceptors (Lipinski definition) is 4. The average Bonchev–Trinajstić information content (AvgIpc) is 3.08. The second kappa shape index (κ2) is 8.05. The zero-order valence-electron chi connectivity index (χ0n) is 13.5. The van der Waals surface area contributed by atoms with Gasteiger partial charge in [-0.3, -0.25) is 4.90 Å². The quantitative estimate of drug-likeness (QED) is 0.671. The minimum absolute atomic E-state index is 0.500. The van der Waals surface area contributed by atoms with Crippen LogP contribution < -0.4 is 0 Å². The third kappa shape index (κ3) is 3.92. The lowest BCUT2D eigenvalue weighted by Crippen LogP contribution is -2.37. The lowest BCUT2D eigenvalue weighted by atomic mass is 10.2. The fourth-order valence-electron chi connectivity index (χ4n) is 3.18. The molecule has 0 aromatic carbocycles. The Balaban J connectivity index is 1.85. The van der Waals surface area contributed by atoms with Gasteiger partial charge in [-0.15, -0.1) is 0 Å². The van der Waals surface area contributed by atoms with E-state index in [-0.39, 0.29) is 0 Å². The molecule has 2 aliphatic rings. The molecule has 0 aromatic rings. The summed E-state index contributed by atoms with van der Waals surface area (Å²) in [5, 5.41) is 0. The van der Waals surface area contributed by atoms with Crippen LogP contribution in [0.4, 0.5) is 0 Å². The monoisotopic (exact) mass is 302 g/mol. The van der Waals surface area contributed by atoms with Crippen LogP contribution in [0.5, 0.6) is 0 Å². The molecule has 2 rings (SSSR count). The summed E-state index contributed by atoms with van der Waals surface area (Å²) in [6.45, 7) is 13.1. The van der Waals surface area contributed by atoms with E-state index in [9.17, 15) is 0 Å². The van der Waals surface area contributed by atoms with E-state index in [2.05, 4.69) is 37.3 Å². The molecule has 20 heavy (non-hydrogen) atoms. The van der Waals surface area contributed by atoms with Crippen LogP contribution in [-0.2, 0) is 9.05 Å². The predicted molar refractivity (Wildman–Crippen MR) is 84.8 cm³/mol. The summed E-state index contributed by atoms with van der Waals surface area (Å²) in [7, 11) is -0.839. The first kappa shape index (κ1) is 16.6.